The van der Waals surface area contributed by atoms with E-state index in [1.165, 1.54) is 0 Å². The molecule has 1 aliphatic heterocycles. The Labute approximate surface area is 162 Å². The van der Waals surface area contributed by atoms with Gasteiger partial charge in [-0.3, -0.25) is 4.79 Å². The Morgan fingerprint density at radius 2 is 2.04 bits per heavy atom. The van der Waals surface area contributed by atoms with Gasteiger partial charge in [-0.25, -0.2) is 4.98 Å². The van der Waals surface area contributed by atoms with Crippen molar-refractivity contribution in [2.24, 2.45) is 0 Å². The molecule has 3 N–H and O–H groups in total. The highest BCUT2D eigenvalue weighted by Crippen LogP contribution is 2.23. The van der Waals surface area contributed by atoms with Crippen LogP contribution >= 0.6 is 11.6 Å². The number of anilines is 3. The summed E-state index contributed by atoms with van der Waals surface area (Å²) in [5.41, 5.74) is 6.61. The maximum atomic E-state index is 12.4. The minimum Gasteiger partial charge on any atom is -0.398 e. The molecule has 1 saturated heterocycles. The third kappa shape index (κ3) is 4.68. The van der Waals surface area contributed by atoms with Crippen LogP contribution in [0.1, 0.15) is 0 Å². The van der Waals surface area contributed by atoms with Crippen molar-refractivity contribution in [3.05, 3.63) is 59.4 Å². The van der Waals surface area contributed by atoms with E-state index in [0.29, 0.717) is 29.5 Å². The van der Waals surface area contributed by atoms with Crippen LogP contribution in [0.3, 0.4) is 0 Å². The number of carbonyl (C=O) groups excluding carboxylic acids is 1. The van der Waals surface area contributed by atoms with Gasteiger partial charge in [0.25, 0.3) is 5.91 Å². The van der Waals surface area contributed by atoms with Gasteiger partial charge in [0.15, 0.2) is 0 Å². The van der Waals surface area contributed by atoms with Crippen LogP contribution < -0.4 is 16.0 Å². The van der Waals surface area contributed by atoms with E-state index in [1.54, 1.807) is 30.6 Å². The first kappa shape index (κ1) is 18.5. The predicted molar refractivity (Wildman–Crippen MR) is 106 cm³/mol. The van der Waals surface area contributed by atoms with Crippen LogP contribution in [0.4, 0.5) is 17.2 Å². The first-order valence-corrected chi connectivity index (χ1v) is 8.83. The summed E-state index contributed by atoms with van der Waals surface area (Å²) < 4.78 is 0. The number of carbonyl (C=O) groups is 1. The molecular weight excluding hydrogens is 364 g/mol. The Kier molecular flexibility index (Phi) is 5.79. The lowest BCUT2D eigenvalue weighted by Crippen LogP contribution is -2.44. The van der Waals surface area contributed by atoms with Gasteiger partial charge >= 0.3 is 0 Å². The Morgan fingerprint density at radius 3 is 2.67 bits per heavy atom. The van der Waals surface area contributed by atoms with Gasteiger partial charge < -0.3 is 20.9 Å². The van der Waals surface area contributed by atoms with Gasteiger partial charge in [0.1, 0.15) is 17.5 Å². The molecule has 0 unspecified atom stereocenters. The van der Waals surface area contributed by atoms with Crippen LogP contribution in [0.25, 0.3) is 0 Å². The number of nitrogens with zero attached hydrogens (tertiary/aromatic N) is 4. The molecule has 0 aliphatic carbocycles. The van der Waals surface area contributed by atoms with Crippen LogP contribution in [0, 0.1) is 11.3 Å². The molecule has 0 saturated carbocycles. The van der Waals surface area contributed by atoms with Crippen LogP contribution in [0.5, 0.6) is 0 Å². The summed E-state index contributed by atoms with van der Waals surface area (Å²) in [5, 5.41) is 12.4. The summed E-state index contributed by atoms with van der Waals surface area (Å²) in [6.07, 6.45) is 3.37. The minimum atomic E-state index is -0.481. The molecule has 0 atom stereocenters. The summed E-state index contributed by atoms with van der Waals surface area (Å²) in [7, 11) is 0. The number of hydrogen-bond donors (Lipinski definition) is 2. The van der Waals surface area contributed by atoms with Crippen molar-refractivity contribution in [2.75, 3.05) is 42.1 Å². The number of nitrogen functional groups attached to an aromatic ring is 1. The fourth-order valence-electron chi connectivity index (χ4n) is 2.75. The molecule has 138 valence electrons. The molecule has 7 nitrogen and oxygen atoms in total. The minimum absolute atomic E-state index is 0.0363. The lowest BCUT2D eigenvalue weighted by molar-refractivity contribution is -0.112. The molecule has 2 heterocycles. The van der Waals surface area contributed by atoms with Crippen LogP contribution in [0.2, 0.25) is 5.02 Å². The van der Waals surface area contributed by atoms with E-state index in [9.17, 15) is 10.1 Å². The molecule has 2 aromatic rings. The monoisotopic (exact) mass is 382 g/mol. The molecule has 8 heteroatoms. The Bertz CT molecular complexity index is 885. The van der Waals surface area contributed by atoms with Crippen LogP contribution in [-0.2, 0) is 4.79 Å². The quantitative estimate of drug-likeness (QED) is 0.479. The zero-order valence-corrected chi connectivity index (χ0v) is 15.4. The van der Waals surface area contributed by atoms with E-state index in [0.717, 1.165) is 18.9 Å². The number of piperazine rings is 1. The Hall–Kier alpha value is -3.24. The second-order valence-electron chi connectivity index (χ2n) is 6.06. The van der Waals surface area contributed by atoms with Gasteiger partial charge in [0.2, 0.25) is 0 Å². The standard InChI is InChI=1S/C19H19ClN6O/c20-16-11-15(4-5-17(16)22)24-19(27)14(12-21)13-25-7-9-26(10-8-25)18-3-1-2-6-23-18/h1-6,11,13H,7-10,22H2,(H,24,27)/b14-13-. The van der Waals surface area contributed by atoms with E-state index in [-0.39, 0.29) is 5.57 Å². The van der Waals surface area contributed by atoms with E-state index < -0.39 is 5.91 Å². The number of amides is 1. The number of nitriles is 1. The van der Waals surface area contributed by atoms with Gasteiger partial charge in [-0.15, -0.1) is 0 Å². The number of hydrogen-bond acceptors (Lipinski definition) is 6. The molecule has 0 spiro atoms. The van der Waals surface area contributed by atoms with Crippen molar-refractivity contribution in [2.45, 2.75) is 0 Å². The van der Waals surface area contributed by atoms with Gasteiger partial charge in [0.05, 0.1) is 10.7 Å². The lowest BCUT2D eigenvalue weighted by Gasteiger charge is -2.34. The van der Waals surface area contributed by atoms with E-state index >= 15 is 0 Å². The highest BCUT2D eigenvalue weighted by molar-refractivity contribution is 6.33. The summed E-state index contributed by atoms with van der Waals surface area (Å²) in [5.74, 6) is 0.449. The Morgan fingerprint density at radius 1 is 1.26 bits per heavy atom. The molecule has 0 radical (unpaired) electrons. The van der Waals surface area contributed by atoms with Gasteiger partial charge in [-0.2, -0.15) is 5.26 Å². The number of nitrogens with one attached hydrogen (secondary N) is 1. The second kappa shape index (κ2) is 8.43. The number of aromatic nitrogens is 1. The zero-order valence-electron chi connectivity index (χ0n) is 14.6. The molecule has 1 aliphatic rings. The number of halogens is 1. The highest BCUT2D eigenvalue weighted by atomic mass is 35.5. The number of rotatable bonds is 4. The van der Waals surface area contributed by atoms with Crippen LogP contribution in [-0.4, -0.2) is 42.0 Å². The maximum absolute atomic E-state index is 12.4. The average molecular weight is 383 g/mol. The third-order valence-corrected chi connectivity index (χ3v) is 4.55. The summed E-state index contributed by atoms with van der Waals surface area (Å²) in [6.45, 7) is 2.92. The molecule has 1 aromatic carbocycles. The van der Waals surface area contributed by atoms with Crippen molar-refractivity contribution in [1.82, 2.24) is 9.88 Å². The van der Waals surface area contributed by atoms with Crippen LogP contribution in [0.15, 0.2) is 54.4 Å². The van der Waals surface area contributed by atoms with E-state index in [4.69, 9.17) is 17.3 Å². The van der Waals surface area contributed by atoms with Crippen molar-refractivity contribution in [1.29, 1.82) is 5.26 Å². The molecular formula is C19H19ClN6O. The first-order valence-electron chi connectivity index (χ1n) is 8.45. The van der Waals surface area contributed by atoms with Crippen molar-refractivity contribution < 1.29 is 4.79 Å². The van der Waals surface area contributed by atoms with E-state index in [1.807, 2.05) is 29.2 Å². The first-order chi connectivity index (χ1) is 13.1. The molecule has 27 heavy (non-hydrogen) atoms. The highest BCUT2D eigenvalue weighted by Gasteiger charge is 2.18. The predicted octanol–water partition coefficient (Wildman–Crippen LogP) is 2.49. The normalized spacial score (nSPS) is 14.6. The van der Waals surface area contributed by atoms with Gasteiger partial charge in [-0.1, -0.05) is 17.7 Å². The summed E-state index contributed by atoms with van der Waals surface area (Å²) in [6, 6.07) is 12.6. The number of nitrogens with two attached hydrogens (primary N) is 1. The average Bonchev–Trinajstić information content (AvgIpc) is 2.70. The lowest BCUT2D eigenvalue weighted by atomic mass is 10.2. The zero-order chi connectivity index (χ0) is 19.2. The number of pyridine rings is 1. The molecule has 1 aromatic heterocycles. The number of benzene rings is 1. The van der Waals surface area contributed by atoms with Crippen molar-refractivity contribution in [3.63, 3.8) is 0 Å². The van der Waals surface area contributed by atoms with Gasteiger partial charge in [0, 0.05) is 44.3 Å². The molecule has 1 amide bonds. The second-order valence-corrected chi connectivity index (χ2v) is 6.46. The molecule has 3 rings (SSSR count). The van der Waals surface area contributed by atoms with Crippen molar-refractivity contribution in [3.8, 4) is 6.07 Å². The molecule has 1 fully saturated rings. The van der Waals surface area contributed by atoms with E-state index in [2.05, 4.69) is 15.2 Å². The van der Waals surface area contributed by atoms with Crippen molar-refractivity contribution >= 4 is 34.7 Å². The third-order valence-electron chi connectivity index (χ3n) is 4.22. The Balaban J connectivity index is 1.62. The largest absolute Gasteiger partial charge is 0.398 e. The van der Waals surface area contributed by atoms with Gasteiger partial charge in [-0.05, 0) is 30.3 Å². The smallest absolute Gasteiger partial charge is 0.267 e. The maximum Gasteiger partial charge on any atom is 0.267 e. The fraction of sp³-hybridized carbons (Fsp3) is 0.211. The summed E-state index contributed by atoms with van der Waals surface area (Å²) >= 11 is 5.96. The SMILES string of the molecule is N#C/C(=C/N1CCN(c2ccccn2)CC1)C(=O)Nc1ccc(N)c(Cl)c1. The fourth-order valence-corrected chi connectivity index (χ4v) is 2.93. The topological polar surface area (TPSA) is 98.3 Å². The molecule has 0 bridgehead atoms. The summed E-state index contributed by atoms with van der Waals surface area (Å²) in [4.78, 5) is 20.9.